The van der Waals surface area contributed by atoms with Gasteiger partial charge in [0.2, 0.25) is 0 Å². The van der Waals surface area contributed by atoms with Crippen LogP contribution in [0.25, 0.3) is 22.4 Å². The van der Waals surface area contributed by atoms with Gasteiger partial charge in [0.1, 0.15) is 5.82 Å². The smallest absolute Gasteiger partial charge is 0.143 e. The molecule has 3 aromatic rings. The first-order chi connectivity index (χ1) is 10.8. The second kappa shape index (κ2) is 4.53. The number of hydrogen-bond acceptors (Lipinski definition) is 3. The molecule has 0 bridgehead atoms. The Labute approximate surface area is 133 Å². The van der Waals surface area contributed by atoms with Crippen LogP contribution >= 0.6 is 11.6 Å². The molecule has 2 fully saturated rings. The van der Waals surface area contributed by atoms with Crippen molar-refractivity contribution in [3.05, 3.63) is 41.2 Å². The Morgan fingerprint density at radius 3 is 2.73 bits per heavy atom. The van der Waals surface area contributed by atoms with Crippen molar-refractivity contribution >= 4 is 22.6 Å². The highest BCUT2D eigenvalue weighted by Gasteiger charge is 2.30. The predicted octanol–water partition coefficient (Wildman–Crippen LogP) is 4.36. The monoisotopic (exact) mass is 310 g/mol. The topological polar surface area (TPSA) is 43.6 Å². The van der Waals surface area contributed by atoms with E-state index in [-0.39, 0.29) is 0 Å². The van der Waals surface area contributed by atoms with Gasteiger partial charge >= 0.3 is 0 Å². The van der Waals surface area contributed by atoms with E-state index in [2.05, 4.69) is 20.8 Å². The summed E-state index contributed by atoms with van der Waals surface area (Å²) in [5.74, 6) is 1.59. The summed E-state index contributed by atoms with van der Waals surface area (Å²) in [4.78, 5) is 4.84. The summed E-state index contributed by atoms with van der Waals surface area (Å²) < 4.78 is 2.33. The van der Waals surface area contributed by atoms with E-state index in [1.165, 1.54) is 25.7 Å². The van der Waals surface area contributed by atoms with Gasteiger partial charge in [-0.15, -0.1) is 0 Å². The summed E-state index contributed by atoms with van der Waals surface area (Å²) in [6, 6.07) is 8.61. The van der Waals surface area contributed by atoms with Crippen molar-refractivity contribution in [2.24, 2.45) is 0 Å². The first-order valence-electron chi connectivity index (χ1n) is 7.80. The molecule has 0 radical (unpaired) electrons. The number of rotatable bonds is 3. The summed E-state index contributed by atoms with van der Waals surface area (Å²) in [5.41, 5.74) is 4.28. The van der Waals surface area contributed by atoms with Gasteiger partial charge < -0.3 is 4.57 Å². The number of halogens is 1. The average molecular weight is 311 g/mol. The minimum atomic E-state index is 0.538. The molecule has 2 aliphatic rings. The Kier molecular flexibility index (Phi) is 2.59. The van der Waals surface area contributed by atoms with Crippen LogP contribution in [0.5, 0.6) is 0 Å². The zero-order valence-corrected chi connectivity index (χ0v) is 12.8. The fraction of sp³-hybridized carbons (Fsp3) is 0.353. The summed E-state index contributed by atoms with van der Waals surface area (Å²) >= 11 is 6.18. The van der Waals surface area contributed by atoms with Crippen LogP contribution in [0.2, 0.25) is 5.02 Å². The zero-order valence-electron chi connectivity index (χ0n) is 12.0. The molecule has 2 aliphatic carbocycles. The highest BCUT2D eigenvalue weighted by Crippen LogP contribution is 2.43. The number of benzene rings is 1. The maximum absolute atomic E-state index is 6.18. The molecule has 2 aromatic heterocycles. The van der Waals surface area contributed by atoms with Crippen molar-refractivity contribution in [2.45, 2.75) is 37.6 Å². The first kappa shape index (κ1) is 12.6. The van der Waals surface area contributed by atoms with E-state index in [0.717, 1.165) is 33.1 Å². The van der Waals surface area contributed by atoms with Crippen LogP contribution in [0, 0.1) is 0 Å². The summed E-state index contributed by atoms with van der Waals surface area (Å²) in [6.45, 7) is 0. The lowest BCUT2D eigenvalue weighted by Crippen LogP contribution is -1.99. The van der Waals surface area contributed by atoms with Crippen LogP contribution < -0.4 is 0 Å². The normalized spacial score (nSPS) is 18.0. The van der Waals surface area contributed by atoms with E-state index in [1.807, 2.05) is 24.4 Å². The van der Waals surface area contributed by atoms with Crippen molar-refractivity contribution in [1.82, 2.24) is 19.7 Å². The third-order valence-corrected chi connectivity index (χ3v) is 4.73. The first-order valence-corrected chi connectivity index (χ1v) is 8.18. The van der Waals surface area contributed by atoms with Crippen molar-refractivity contribution < 1.29 is 0 Å². The zero-order chi connectivity index (χ0) is 14.7. The molecular formula is C17H15ClN4. The molecule has 2 heterocycles. The standard InChI is InChI=1S/C17H15ClN4/c18-12-3-6-14-16(8-12)22(13-4-5-13)17(20-14)11-7-15(10-1-2-10)21-19-9-11/h3,6-10,13H,1-2,4-5H2. The predicted molar refractivity (Wildman–Crippen MR) is 86.0 cm³/mol. The largest absolute Gasteiger partial charge is 0.321 e. The number of hydrogen-bond donors (Lipinski definition) is 0. The van der Waals surface area contributed by atoms with Crippen LogP contribution in [-0.2, 0) is 0 Å². The number of imidazole rings is 1. The van der Waals surface area contributed by atoms with E-state index in [0.29, 0.717) is 12.0 Å². The van der Waals surface area contributed by atoms with Gasteiger partial charge in [0.05, 0.1) is 22.9 Å². The molecule has 0 unspecified atom stereocenters. The molecule has 0 amide bonds. The van der Waals surface area contributed by atoms with Crippen LogP contribution in [0.15, 0.2) is 30.5 Å². The molecule has 1 aromatic carbocycles. The third-order valence-electron chi connectivity index (χ3n) is 4.49. The molecule has 5 rings (SSSR count). The lowest BCUT2D eigenvalue weighted by atomic mass is 10.2. The summed E-state index contributed by atoms with van der Waals surface area (Å²) in [6.07, 6.45) is 6.70. The number of fused-ring (bicyclic) bond motifs is 1. The van der Waals surface area contributed by atoms with E-state index in [9.17, 15) is 0 Å². The van der Waals surface area contributed by atoms with E-state index < -0.39 is 0 Å². The van der Waals surface area contributed by atoms with Crippen molar-refractivity contribution in [3.8, 4) is 11.4 Å². The van der Waals surface area contributed by atoms with Crippen LogP contribution in [0.1, 0.15) is 43.3 Å². The molecule has 22 heavy (non-hydrogen) atoms. The molecule has 0 spiro atoms. The molecule has 110 valence electrons. The SMILES string of the molecule is Clc1ccc2nc(-c3cnnc(C4CC4)c3)n(C3CC3)c2c1. The molecule has 5 heteroatoms. The van der Waals surface area contributed by atoms with Crippen molar-refractivity contribution in [3.63, 3.8) is 0 Å². The molecule has 0 saturated heterocycles. The van der Waals surface area contributed by atoms with Crippen LogP contribution in [0.3, 0.4) is 0 Å². The van der Waals surface area contributed by atoms with Gasteiger partial charge in [0.25, 0.3) is 0 Å². The lowest BCUT2D eigenvalue weighted by molar-refractivity contribution is 0.773. The second-order valence-electron chi connectivity index (χ2n) is 6.31. The van der Waals surface area contributed by atoms with Gasteiger partial charge in [-0.3, -0.25) is 0 Å². The molecular weight excluding hydrogens is 296 g/mol. The highest BCUT2D eigenvalue weighted by molar-refractivity contribution is 6.31. The van der Waals surface area contributed by atoms with Gasteiger partial charge in [-0.2, -0.15) is 10.2 Å². The molecule has 0 atom stereocenters. The number of nitrogens with zero attached hydrogens (tertiary/aromatic N) is 4. The maximum atomic E-state index is 6.18. The summed E-state index contributed by atoms with van der Waals surface area (Å²) in [7, 11) is 0. The highest BCUT2D eigenvalue weighted by atomic mass is 35.5. The fourth-order valence-corrected chi connectivity index (χ4v) is 3.22. The van der Waals surface area contributed by atoms with Crippen molar-refractivity contribution in [2.75, 3.05) is 0 Å². The molecule has 0 N–H and O–H groups in total. The van der Waals surface area contributed by atoms with Crippen LogP contribution in [-0.4, -0.2) is 19.7 Å². The van der Waals surface area contributed by atoms with E-state index in [1.54, 1.807) is 0 Å². The Morgan fingerprint density at radius 2 is 1.95 bits per heavy atom. The third kappa shape index (κ3) is 2.02. The second-order valence-corrected chi connectivity index (χ2v) is 6.75. The Hall–Kier alpha value is -1.94. The molecule has 4 nitrogen and oxygen atoms in total. The molecule has 2 saturated carbocycles. The fourth-order valence-electron chi connectivity index (χ4n) is 3.06. The summed E-state index contributed by atoms with van der Waals surface area (Å²) in [5, 5.41) is 9.24. The van der Waals surface area contributed by atoms with E-state index >= 15 is 0 Å². The molecule has 0 aliphatic heterocycles. The van der Waals surface area contributed by atoms with Gasteiger partial charge in [-0.05, 0) is 49.9 Å². The van der Waals surface area contributed by atoms with Gasteiger partial charge in [0, 0.05) is 22.5 Å². The number of aromatic nitrogens is 4. The quantitative estimate of drug-likeness (QED) is 0.722. The van der Waals surface area contributed by atoms with Crippen molar-refractivity contribution in [1.29, 1.82) is 0 Å². The Balaban J connectivity index is 1.73. The lowest BCUT2D eigenvalue weighted by Gasteiger charge is -2.08. The van der Waals surface area contributed by atoms with Crippen LogP contribution in [0.4, 0.5) is 0 Å². The van der Waals surface area contributed by atoms with Gasteiger partial charge in [0.15, 0.2) is 0 Å². The average Bonchev–Trinajstić information content (AvgIpc) is 3.43. The minimum Gasteiger partial charge on any atom is -0.321 e. The minimum absolute atomic E-state index is 0.538. The van der Waals surface area contributed by atoms with Gasteiger partial charge in [-0.1, -0.05) is 11.6 Å². The van der Waals surface area contributed by atoms with E-state index in [4.69, 9.17) is 16.6 Å². The van der Waals surface area contributed by atoms with Gasteiger partial charge in [-0.25, -0.2) is 4.98 Å². The maximum Gasteiger partial charge on any atom is 0.143 e. The Morgan fingerprint density at radius 1 is 1.09 bits per heavy atom. The Bertz CT molecular complexity index is 877.